The maximum Gasteiger partial charge on any atom is 0.145 e. The van der Waals surface area contributed by atoms with Crippen LogP contribution in [0.1, 0.15) is 12.7 Å². The van der Waals surface area contributed by atoms with Gasteiger partial charge in [-0.05, 0) is 30.3 Å². The van der Waals surface area contributed by atoms with Crippen LogP contribution in [0.2, 0.25) is 0 Å². The second kappa shape index (κ2) is 5.93. The topological polar surface area (TPSA) is 55.5 Å². The number of ether oxygens (including phenoxy) is 1. The van der Waals surface area contributed by atoms with E-state index in [1.54, 1.807) is 19.2 Å². The standard InChI is InChI=1S/C18H17NO3/c1-3-16-17(14-6-4-5-7-15(14)20)18(19-22-16)12-8-10-13(21-2)11-9-12/h4-11,20H,3H2,1-2H3. The van der Waals surface area contributed by atoms with Crippen molar-refractivity contribution in [1.82, 2.24) is 5.16 Å². The zero-order valence-corrected chi connectivity index (χ0v) is 12.5. The van der Waals surface area contributed by atoms with E-state index in [0.29, 0.717) is 6.42 Å². The maximum atomic E-state index is 10.2. The second-order valence-electron chi connectivity index (χ2n) is 4.93. The summed E-state index contributed by atoms with van der Waals surface area (Å²) in [6, 6.07) is 14.8. The molecule has 0 saturated carbocycles. The fourth-order valence-electron chi connectivity index (χ4n) is 2.47. The number of benzene rings is 2. The van der Waals surface area contributed by atoms with E-state index < -0.39 is 0 Å². The molecule has 0 aliphatic heterocycles. The van der Waals surface area contributed by atoms with Crippen LogP contribution in [-0.4, -0.2) is 17.4 Å². The molecule has 1 heterocycles. The molecule has 4 heteroatoms. The summed E-state index contributed by atoms with van der Waals surface area (Å²) in [5, 5.41) is 14.4. The van der Waals surface area contributed by atoms with Gasteiger partial charge < -0.3 is 14.4 Å². The predicted octanol–water partition coefficient (Wildman–Crippen LogP) is 4.29. The average Bonchev–Trinajstić information content (AvgIpc) is 2.99. The van der Waals surface area contributed by atoms with Crippen molar-refractivity contribution >= 4 is 0 Å². The van der Waals surface area contributed by atoms with Crippen LogP contribution in [0.4, 0.5) is 0 Å². The third kappa shape index (κ3) is 2.44. The average molecular weight is 295 g/mol. The Morgan fingerprint density at radius 2 is 1.82 bits per heavy atom. The summed E-state index contributed by atoms with van der Waals surface area (Å²) >= 11 is 0. The van der Waals surface area contributed by atoms with Crippen molar-refractivity contribution in [1.29, 1.82) is 0 Å². The monoisotopic (exact) mass is 295 g/mol. The number of aryl methyl sites for hydroxylation is 1. The van der Waals surface area contributed by atoms with Gasteiger partial charge in [0.15, 0.2) is 0 Å². The summed E-state index contributed by atoms with van der Waals surface area (Å²) in [6.07, 6.45) is 0.701. The van der Waals surface area contributed by atoms with Crippen LogP contribution in [0.15, 0.2) is 53.1 Å². The van der Waals surface area contributed by atoms with Gasteiger partial charge >= 0.3 is 0 Å². The number of phenolic OH excluding ortho intramolecular Hbond substituents is 1. The largest absolute Gasteiger partial charge is 0.507 e. The number of para-hydroxylation sites is 1. The fourth-order valence-corrected chi connectivity index (χ4v) is 2.47. The molecule has 1 N–H and O–H groups in total. The highest BCUT2D eigenvalue weighted by molar-refractivity contribution is 5.84. The van der Waals surface area contributed by atoms with Gasteiger partial charge in [0.25, 0.3) is 0 Å². The summed E-state index contributed by atoms with van der Waals surface area (Å²) in [6.45, 7) is 2.00. The van der Waals surface area contributed by atoms with Crippen LogP contribution in [0.25, 0.3) is 22.4 Å². The van der Waals surface area contributed by atoms with Crippen molar-refractivity contribution in [3.05, 3.63) is 54.3 Å². The van der Waals surface area contributed by atoms with Crippen molar-refractivity contribution in [3.63, 3.8) is 0 Å². The first-order valence-electron chi connectivity index (χ1n) is 7.16. The minimum Gasteiger partial charge on any atom is -0.507 e. The lowest BCUT2D eigenvalue weighted by molar-refractivity contribution is 0.389. The molecule has 3 aromatic rings. The molecule has 3 rings (SSSR count). The lowest BCUT2D eigenvalue weighted by atomic mass is 9.97. The highest BCUT2D eigenvalue weighted by Crippen LogP contribution is 2.39. The third-order valence-corrected chi connectivity index (χ3v) is 3.62. The summed E-state index contributed by atoms with van der Waals surface area (Å²) in [4.78, 5) is 0. The maximum absolute atomic E-state index is 10.2. The molecule has 112 valence electrons. The molecule has 0 unspecified atom stereocenters. The molecule has 0 saturated heterocycles. The SMILES string of the molecule is CCc1onc(-c2ccc(OC)cc2)c1-c1ccccc1O. The van der Waals surface area contributed by atoms with Gasteiger partial charge in [-0.15, -0.1) is 0 Å². The molecule has 0 fully saturated rings. The zero-order valence-electron chi connectivity index (χ0n) is 12.5. The van der Waals surface area contributed by atoms with E-state index in [-0.39, 0.29) is 5.75 Å². The third-order valence-electron chi connectivity index (χ3n) is 3.62. The van der Waals surface area contributed by atoms with Crippen LogP contribution in [0, 0.1) is 0 Å². The number of hydrogen-bond acceptors (Lipinski definition) is 4. The summed E-state index contributed by atoms with van der Waals surface area (Å²) in [5.74, 6) is 1.76. The van der Waals surface area contributed by atoms with Gasteiger partial charge in [-0.1, -0.05) is 30.3 Å². The molecule has 0 bridgehead atoms. The van der Waals surface area contributed by atoms with E-state index >= 15 is 0 Å². The van der Waals surface area contributed by atoms with Gasteiger partial charge in [-0.2, -0.15) is 0 Å². The van der Waals surface area contributed by atoms with Crippen molar-refractivity contribution < 1.29 is 14.4 Å². The molecular formula is C18H17NO3. The van der Waals surface area contributed by atoms with Crippen molar-refractivity contribution in [2.24, 2.45) is 0 Å². The van der Waals surface area contributed by atoms with Crippen LogP contribution in [0.3, 0.4) is 0 Å². The van der Waals surface area contributed by atoms with Gasteiger partial charge in [0, 0.05) is 17.5 Å². The van der Waals surface area contributed by atoms with Gasteiger partial charge in [0.2, 0.25) is 0 Å². The van der Waals surface area contributed by atoms with E-state index in [0.717, 1.165) is 33.9 Å². The van der Waals surface area contributed by atoms with Crippen molar-refractivity contribution in [2.45, 2.75) is 13.3 Å². The Morgan fingerprint density at radius 3 is 2.45 bits per heavy atom. The molecule has 2 aromatic carbocycles. The first-order valence-corrected chi connectivity index (χ1v) is 7.16. The fraction of sp³-hybridized carbons (Fsp3) is 0.167. The molecule has 0 atom stereocenters. The van der Waals surface area contributed by atoms with Crippen molar-refractivity contribution in [2.75, 3.05) is 7.11 Å². The second-order valence-corrected chi connectivity index (χ2v) is 4.93. The normalized spacial score (nSPS) is 10.6. The van der Waals surface area contributed by atoms with E-state index in [2.05, 4.69) is 5.16 Å². The summed E-state index contributed by atoms with van der Waals surface area (Å²) in [5.41, 5.74) is 3.21. The summed E-state index contributed by atoms with van der Waals surface area (Å²) < 4.78 is 10.7. The lowest BCUT2D eigenvalue weighted by Crippen LogP contribution is -1.88. The Morgan fingerprint density at radius 1 is 1.09 bits per heavy atom. The van der Waals surface area contributed by atoms with E-state index in [9.17, 15) is 5.11 Å². The van der Waals surface area contributed by atoms with Crippen LogP contribution < -0.4 is 4.74 Å². The first-order chi connectivity index (χ1) is 10.7. The Hall–Kier alpha value is -2.75. The summed E-state index contributed by atoms with van der Waals surface area (Å²) in [7, 11) is 1.63. The molecule has 0 aliphatic carbocycles. The van der Waals surface area contributed by atoms with Crippen LogP contribution in [-0.2, 0) is 6.42 Å². The number of aromatic nitrogens is 1. The quantitative estimate of drug-likeness (QED) is 0.780. The minimum atomic E-state index is 0.218. The molecule has 0 amide bonds. The lowest BCUT2D eigenvalue weighted by Gasteiger charge is -2.07. The number of hydrogen-bond donors (Lipinski definition) is 1. The van der Waals surface area contributed by atoms with Crippen LogP contribution >= 0.6 is 0 Å². The van der Waals surface area contributed by atoms with E-state index in [1.807, 2.05) is 43.3 Å². The molecule has 0 spiro atoms. The number of aromatic hydroxyl groups is 1. The molecule has 0 aliphatic rings. The van der Waals surface area contributed by atoms with Gasteiger partial charge in [-0.3, -0.25) is 0 Å². The highest BCUT2D eigenvalue weighted by atomic mass is 16.5. The predicted molar refractivity (Wildman–Crippen MR) is 85.0 cm³/mol. The van der Waals surface area contributed by atoms with Gasteiger partial charge in [0.1, 0.15) is 23.0 Å². The minimum absolute atomic E-state index is 0.218. The number of phenols is 1. The number of methoxy groups -OCH3 is 1. The molecular weight excluding hydrogens is 278 g/mol. The molecule has 22 heavy (non-hydrogen) atoms. The first kappa shape index (κ1) is 14.2. The number of rotatable bonds is 4. The Kier molecular flexibility index (Phi) is 3.83. The molecule has 1 aromatic heterocycles. The molecule has 0 radical (unpaired) electrons. The zero-order chi connectivity index (χ0) is 15.5. The smallest absolute Gasteiger partial charge is 0.145 e. The van der Waals surface area contributed by atoms with E-state index in [4.69, 9.17) is 9.26 Å². The van der Waals surface area contributed by atoms with Crippen molar-refractivity contribution in [3.8, 4) is 33.9 Å². The number of nitrogens with zero attached hydrogens (tertiary/aromatic N) is 1. The van der Waals surface area contributed by atoms with Gasteiger partial charge in [-0.25, -0.2) is 0 Å². The highest BCUT2D eigenvalue weighted by Gasteiger charge is 2.20. The van der Waals surface area contributed by atoms with Gasteiger partial charge in [0.05, 0.1) is 12.7 Å². The Labute approximate surface area is 129 Å². The van der Waals surface area contributed by atoms with E-state index in [1.165, 1.54) is 0 Å². The molecule has 4 nitrogen and oxygen atoms in total. The Balaban J connectivity index is 2.17. The Bertz CT molecular complexity index is 775. The van der Waals surface area contributed by atoms with Crippen LogP contribution in [0.5, 0.6) is 11.5 Å².